The molecule has 0 bridgehead atoms. The SMILES string of the molecule is O=C1C(c2ccccc2)(c2ccccc2)C(c2ccccc2)(c2ccccc2)C(=O)[Si]1(c1ccccc1)c1ccccc1. The molecule has 1 fully saturated rings. The second-order valence-corrected chi connectivity index (χ2v) is 14.7. The van der Waals surface area contributed by atoms with Crippen molar-refractivity contribution >= 4 is 29.3 Å². The predicted octanol–water partition coefficient (Wildman–Crippen LogP) is 6.45. The van der Waals surface area contributed by atoms with Crippen molar-refractivity contribution in [3.63, 3.8) is 0 Å². The number of rotatable bonds is 6. The third kappa shape index (κ3) is 3.58. The summed E-state index contributed by atoms with van der Waals surface area (Å²) in [6.45, 7) is 0. The zero-order chi connectivity index (χ0) is 29.3. The highest BCUT2D eigenvalue weighted by Crippen LogP contribution is 2.60. The van der Waals surface area contributed by atoms with Crippen molar-refractivity contribution in [1.29, 1.82) is 0 Å². The first-order chi connectivity index (χ1) is 21.2. The molecule has 43 heavy (non-hydrogen) atoms. The maximum Gasteiger partial charge on any atom is 0.270 e. The van der Waals surface area contributed by atoms with E-state index in [0.29, 0.717) is 0 Å². The minimum absolute atomic E-state index is 0.0208. The Morgan fingerprint density at radius 3 is 0.744 bits per heavy atom. The molecule has 1 saturated heterocycles. The van der Waals surface area contributed by atoms with E-state index in [1.165, 1.54) is 0 Å². The lowest BCUT2D eigenvalue weighted by molar-refractivity contribution is -0.120. The van der Waals surface area contributed by atoms with E-state index in [2.05, 4.69) is 0 Å². The second-order valence-electron chi connectivity index (χ2n) is 11.1. The fourth-order valence-electron chi connectivity index (χ4n) is 7.55. The maximum absolute atomic E-state index is 16.4. The Bertz CT molecular complexity index is 1650. The van der Waals surface area contributed by atoms with E-state index in [-0.39, 0.29) is 10.8 Å². The molecule has 7 rings (SSSR count). The topological polar surface area (TPSA) is 34.1 Å². The molecule has 1 heterocycles. The van der Waals surface area contributed by atoms with Crippen LogP contribution in [0.4, 0.5) is 0 Å². The van der Waals surface area contributed by atoms with Crippen LogP contribution >= 0.6 is 0 Å². The summed E-state index contributed by atoms with van der Waals surface area (Å²) in [7, 11) is -3.87. The molecule has 0 aliphatic carbocycles. The van der Waals surface area contributed by atoms with Crippen LogP contribution in [0.3, 0.4) is 0 Å². The molecule has 1 aliphatic rings. The first-order valence-corrected chi connectivity index (χ1v) is 16.6. The van der Waals surface area contributed by atoms with Gasteiger partial charge in [-0.05, 0) is 32.6 Å². The summed E-state index contributed by atoms with van der Waals surface area (Å²) in [5.41, 5.74) is 0.546. The number of carbonyl (C=O) groups excluding carboxylic acids is 2. The van der Waals surface area contributed by atoms with E-state index in [0.717, 1.165) is 32.6 Å². The van der Waals surface area contributed by atoms with Crippen LogP contribution in [0, 0.1) is 0 Å². The highest BCUT2D eigenvalue weighted by molar-refractivity contribution is 7.41. The van der Waals surface area contributed by atoms with Gasteiger partial charge in [0, 0.05) is 0 Å². The molecule has 0 unspecified atom stereocenters. The fraction of sp³-hybridized carbons (Fsp3) is 0.0500. The smallest absolute Gasteiger partial charge is 0.270 e. The lowest BCUT2D eigenvalue weighted by Gasteiger charge is -2.45. The monoisotopic (exact) mass is 570 g/mol. The molecule has 2 nitrogen and oxygen atoms in total. The van der Waals surface area contributed by atoms with E-state index in [9.17, 15) is 0 Å². The normalized spacial score (nSPS) is 16.6. The Morgan fingerprint density at radius 2 is 0.512 bits per heavy atom. The summed E-state index contributed by atoms with van der Waals surface area (Å²) in [6.07, 6.45) is 0. The van der Waals surface area contributed by atoms with Gasteiger partial charge in [-0.3, -0.25) is 0 Å². The van der Waals surface area contributed by atoms with Crippen molar-refractivity contribution in [3.8, 4) is 0 Å². The van der Waals surface area contributed by atoms with Crippen LogP contribution in [0.15, 0.2) is 182 Å². The van der Waals surface area contributed by atoms with Crippen LogP contribution in [0.25, 0.3) is 0 Å². The second kappa shape index (κ2) is 10.6. The molecule has 0 aromatic heterocycles. The van der Waals surface area contributed by atoms with Gasteiger partial charge in [0.25, 0.3) is 8.07 Å². The lowest BCUT2D eigenvalue weighted by atomic mass is 9.53. The molecule has 0 radical (unpaired) electrons. The summed E-state index contributed by atoms with van der Waals surface area (Å²) in [4.78, 5) is 32.7. The van der Waals surface area contributed by atoms with Gasteiger partial charge in [0.05, 0.1) is 10.8 Å². The molecule has 0 saturated carbocycles. The average Bonchev–Trinajstić information content (AvgIpc) is 3.28. The standard InChI is InChI=1S/C40H30O2Si/c41-37-39(31-19-7-1-8-20-31,32-21-9-2-10-22-32)40(33-23-11-3-12-24-33,34-25-13-4-14-26-34)38(42)43(37,35-27-15-5-16-28-35)36-29-17-6-18-30-36/h1-30H. The van der Waals surface area contributed by atoms with E-state index >= 15 is 9.59 Å². The van der Waals surface area contributed by atoms with Gasteiger partial charge in [-0.25, -0.2) is 0 Å². The first-order valence-electron chi connectivity index (χ1n) is 14.6. The van der Waals surface area contributed by atoms with E-state index in [1.54, 1.807) is 0 Å². The van der Waals surface area contributed by atoms with Gasteiger partial charge in [-0.15, -0.1) is 0 Å². The summed E-state index contributed by atoms with van der Waals surface area (Å²) in [5, 5.41) is 1.57. The Hall–Kier alpha value is -5.12. The molecule has 0 atom stereocenters. The maximum atomic E-state index is 16.4. The van der Waals surface area contributed by atoms with Crippen molar-refractivity contribution in [1.82, 2.24) is 0 Å². The molecule has 1 aliphatic heterocycles. The van der Waals surface area contributed by atoms with Crippen LogP contribution in [0.2, 0.25) is 0 Å². The van der Waals surface area contributed by atoms with Crippen LogP contribution in [-0.2, 0) is 20.4 Å². The molecule has 3 heteroatoms. The number of hydrogen-bond acceptors (Lipinski definition) is 2. The van der Waals surface area contributed by atoms with Gasteiger partial charge >= 0.3 is 0 Å². The Morgan fingerprint density at radius 1 is 0.302 bits per heavy atom. The van der Waals surface area contributed by atoms with E-state index < -0.39 is 18.9 Å². The van der Waals surface area contributed by atoms with Crippen LogP contribution in [-0.4, -0.2) is 18.9 Å². The molecule has 6 aromatic rings. The molecule has 0 N–H and O–H groups in total. The van der Waals surface area contributed by atoms with Gasteiger partial charge < -0.3 is 9.59 Å². The molecular weight excluding hydrogens is 541 g/mol. The van der Waals surface area contributed by atoms with Gasteiger partial charge in [0.1, 0.15) is 10.8 Å². The fourth-order valence-corrected chi connectivity index (χ4v) is 12.6. The average molecular weight is 571 g/mol. The molecule has 0 amide bonds. The van der Waals surface area contributed by atoms with Crippen molar-refractivity contribution in [3.05, 3.63) is 204 Å². The highest BCUT2D eigenvalue weighted by Gasteiger charge is 2.79. The predicted molar refractivity (Wildman–Crippen MR) is 175 cm³/mol. The Kier molecular flexibility index (Phi) is 6.60. The van der Waals surface area contributed by atoms with Gasteiger partial charge in [0.15, 0.2) is 0 Å². The minimum Gasteiger partial charge on any atom is -0.302 e. The Balaban J connectivity index is 1.78. The number of carbonyl (C=O) groups is 2. The van der Waals surface area contributed by atoms with Gasteiger partial charge in [-0.2, -0.15) is 0 Å². The van der Waals surface area contributed by atoms with Crippen LogP contribution in [0.1, 0.15) is 22.3 Å². The highest BCUT2D eigenvalue weighted by atomic mass is 28.3. The zero-order valence-electron chi connectivity index (χ0n) is 23.6. The van der Waals surface area contributed by atoms with E-state index in [1.807, 2.05) is 182 Å². The van der Waals surface area contributed by atoms with Crippen LogP contribution < -0.4 is 10.4 Å². The minimum atomic E-state index is -3.87. The number of hydrogen-bond donors (Lipinski definition) is 0. The van der Waals surface area contributed by atoms with Crippen molar-refractivity contribution in [2.75, 3.05) is 0 Å². The summed E-state index contributed by atoms with van der Waals surface area (Å²) in [5.74, 6) is 0. The quantitative estimate of drug-likeness (QED) is 0.216. The molecule has 0 spiro atoms. The third-order valence-electron chi connectivity index (χ3n) is 9.17. The summed E-state index contributed by atoms with van der Waals surface area (Å²) in [6, 6.07) is 59.6. The summed E-state index contributed by atoms with van der Waals surface area (Å²) < 4.78 is 0. The summed E-state index contributed by atoms with van der Waals surface area (Å²) >= 11 is 0. The van der Waals surface area contributed by atoms with Crippen molar-refractivity contribution < 1.29 is 9.59 Å². The third-order valence-corrected chi connectivity index (χ3v) is 13.7. The molecular formula is C40H30O2Si. The zero-order valence-corrected chi connectivity index (χ0v) is 24.6. The lowest BCUT2D eigenvalue weighted by Crippen LogP contribution is -2.69. The van der Waals surface area contributed by atoms with Gasteiger partial charge in [-0.1, -0.05) is 182 Å². The molecule has 206 valence electrons. The van der Waals surface area contributed by atoms with Crippen molar-refractivity contribution in [2.45, 2.75) is 10.8 Å². The van der Waals surface area contributed by atoms with Crippen molar-refractivity contribution in [2.24, 2.45) is 0 Å². The Labute approximate surface area is 253 Å². The molecule has 6 aromatic carbocycles. The van der Waals surface area contributed by atoms with Crippen LogP contribution in [0.5, 0.6) is 0 Å². The number of benzene rings is 6. The van der Waals surface area contributed by atoms with Gasteiger partial charge in [0.2, 0.25) is 0 Å². The first kappa shape index (κ1) is 26.8. The van der Waals surface area contributed by atoms with E-state index in [4.69, 9.17) is 0 Å². The largest absolute Gasteiger partial charge is 0.302 e.